The van der Waals surface area contributed by atoms with Gasteiger partial charge in [-0.2, -0.15) is 5.10 Å². The van der Waals surface area contributed by atoms with Gasteiger partial charge in [0.2, 0.25) is 5.91 Å². The minimum Gasteiger partial charge on any atom is -0.496 e. The van der Waals surface area contributed by atoms with Gasteiger partial charge in [-0.25, -0.2) is 9.18 Å². The number of hydrogen-bond acceptors (Lipinski definition) is 6. The molecule has 2 N–H and O–H groups in total. The van der Waals surface area contributed by atoms with E-state index < -0.39 is 18.2 Å². The lowest BCUT2D eigenvalue weighted by atomic mass is 9.49. The molecule has 10 heteroatoms. The van der Waals surface area contributed by atoms with Crippen LogP contribution in [0.5, 0.6) is 5.75 Å². The summed E-state index contributed by atoms with van der Waals surface area (Å²) >= 11 is 0. The first kappa shape index (κ1) is 34.5. The number of fused-ring (bicyclic) bond motifs is 3. The second-order valence-electron chi connectivity index (χ2n) is 15.7. The molecule has 5 fully saturated rings. The molecule has 9 nitrogen and oxygen atoms in total. The number of likely N-dealkylation sites (tertiary alicyclic amines) is 1. The van der Waals surface area contributed by atoms with Crippen LogP contribution in [0.2, 0.25) is 0 Å². The largest absolute Gasteiger partial charge is 0.496 e. The van der Waals surface area contributed by atoms with Crippen LogP contribution in [-0.2, 0) is 14.9 Å². The Morgan fingerprint density at radius 2 is 1.68 bits per heavy atom. The molecule has 4 saturated carbocycles. The molecule has 2 bridgehead atoms. The maximum Gasteiger partial charge on any atom is 0.410 e. The SMILES string of the molecule is COc1ccc(C23CCC(C(NC(=O)C4CCC(OC(=O)N5CC(O)C5)CC4)c4cc(-c5cnn(C(C)C)c5)ccc4F)(CC2)CC3)cc1C. The van der Waals surface area contributed by atoms with Gasteiger partial charge in [0.15, 0.2) is 0 Å². The Hall–Kier alpha value is -3.92. The number of carbonyl (C=O) groups is 2. The fourth-order valence-electron chi connectivity index (χ4n) is 9.09. The first-order valence-electron chi connectivity index (χ1n) is 18.4. The van der Waals surface area contributed by atoms with Crippen LogP contribution in [0.4, 0.5) is 9.18 Å². The van der Waals surface area contributed by atoms with E-state index in [1.165, 1.54) is 10.5 Å². The van der Waals surface area contributed by atoms with E-state index in [0.29, 0.717) is 44.3 Å². The van der Waals surface area contributed by atoms with Crippen molar-refractivity contribution in [3.05, 3.63) is 71.3 Å². The van der Waals surface area contributed by atoms with E-state index in [4.69, 9.17) is 9.47 Å². The normalized spacial score (nSPS) is 27.1. The van der Waals surface area contributed by atoms with Crippen molar-refractivity contribution in [2.24, 2.45) is 11.3 Å². The van der Waals surface area contributed by atoms with Gasteiger partial charge in [-0.3, -0.25) is 9.48 Å². The molecular weight excluding hydrogens is 635 g/mol. The Balaban J connectivity index is 1.13. The van der Waals surface area contributed by atoms with Crippen LogP contribution in [0.25, 0.3) is 11.1 Å². The van der Waals surface area contributed by atoms with Gasteiger partial charge in [0.1, 0.15) is 17.7 Å². The molecule has 268 valence electrons. The highest BCUT2D eigenvalue weighted by Crippen LogP contribution is 2.62. The summed E-state index contributed by atoms with van der Waals surface area (Å²) in [7, 11) is 1.70. The summed E-state index contributed by atoms with van der Waals surface area (Å²) in [5.41, 5.74) is 4.64. The van der Waals surface area contributed by atoms with Crippen LogP contribution in [0.1, 0.15) is 107 Å². The number of aliphatic hydroxyl groups is 1. The minimum atomic E-state index is -0.478. The van der Waals surface area contributed by atoms with Crippen LogP contribution in [0, 0.1) is 24.1 Å². The fraction of sp³-hybridized carbons (Fsp3) is 0.575. The minimum absolute atomic E-state index is 0.0503. The number of halogens is 1. The summed E-state index contributed by atoms with van der Waals surface area (Å²) in [4.78, 5) is 28.1. The van der Waals surface area contributed by atoms with Gasteiger partial charge in [0.05, 0.1) is 38.5 Å². The lowest BCUT2D eigenvalue weighted by Gasteiger charge is -2.57. The molecule has 5 aliphatic rings. The van der Waals surface area contributed by atoms with Gasteiger partial charge in [0.25, 0.3) is 0 Å². The first-order valence-corrected chi connectivity index (χ1v) is 18.4. The summed E-state index contributed by atoms with van der Waals surface area (Å²) in [5, 5.41) is 17.5. The second-order valence-corrected chi connectivity index (χ2v) is 15.7. The van der Waals surface area contributed by atoms with Crippen LogP contribution in [0.3, 0.4) is 0 Å². The van der Waals surface area contributed by atoms with Crippen molar-refractivity contribution in [2.75, 3.05) is 20.2 Å². The molecule has 1 saturated heterocycles. The van der Waals surface area contributed by atoms with Crippen LogP contribution in [0.15, 0.2) is 48.8 Å². The Morgan fingerprint density at radius 1 is 0.980 bits per heavy atom. The number of aliphatic hydroxyl groups excluding tert-OH is 1. The van der Waals surface area contributed by atoms with E-state index in [9.17, 15) is 14.7 Å². The van der Waals surface area contributed by atoms with Crippen LogP contribution in [-0.4, -0.2) is 64.2 Å². The summed E-state index contributed by atoms with van der Waals surface area (Å²) in [5.74, 6) is 0.306. The van der Waals surface area contributed by atoms with E-state index >= 15 is 4.39 Å². The van der Waals surface area contributed by atoms with Crippen molar-refractivity contribution in [1.29, 1.82) is 0 Å². The zero-order chi connectivity index (χ0) is 35.2. The quantitative estimate of drug-likeness (QED) is 0.243. The Morgan fingerprint density at radius 3 is 2.28 bits per heavy atom. The lowest BCUT2D eigenvalue weighted by Crippen LogP contribution is -2.54. The Labute approximate surface area is 294 Å². The molecule has 1 unspecified atom stereocenters. The molecule has 2 amide bonds. The van der Waals surface area contributed by atoms with Gasteiger partial charge in [0, 0.05) is 29.3 Å². The number of methoxy groups -OCH3 is 1. The number of benzene rings is 2. The number of rotatable bonds is 9. The van der Waals surface area contributed by atoms with Gasteiger partial charge in [-0.1, -0.05) is 18.2 Å². The highest BCUT2D eigenvalue weighted by atomic mass is 19.1. The van der Waals surface area contributed by atoms with Crippen LogP contribution < -0.4 is 10.1 Å². The number of ether oxygens (including phenoxy) is 2. The average Bonchev–Trinajstić information content (AvgIpc) is 3.62. The van der Waals surface area contributed by atoms with Crippen molar-refractivity contribution in [3.8, 4) is 16.9 Å². The number of aryl methyl sites for hydroxylation is 1. The molecule has 1 atom stereocenters. The monoisotopic (exact) mass is 686 g/mol. The molecule has 0 radical (unpaired) electrons. The summed E-state index contributed by atoms with van der Waals surface area (Å²) < 4.78 is 29.3. The smallest absolute Gasteiger partial charge is 0.410 e. The second kappa shape index (κ2) is 13.7. The number of amides is 2. The van der Waals surface area contributed by atoms with Gasteiger partial charge < -0.3 is 24.8 Å². The summed E-state index contributed by atoms with van der Waals surface area (Å²) in [6, 6.07) is 11.6. The molecule has 2 aromatic carbocycles. The molecule has 50 heavy (non-hydrogen) atoms. The molecule has 1 aromatic heterocycles. The maximum absolute atomic E-state index is 16.1. The first-order chi connectivity index (χ1) is 24.0. The third kappa shape index (κ3) is 6.51. The zero-order valence-corrected chi connectivity index (χ0v) is 29.8. The fourth-order valence-corrected chi connectivity index (χ4v) is 9.09. The van der Waals surface area contributed by atoms with Gasteiger partial charge >= 0.3 is 6.09 Å². The van der Waals surface area contributed by atoms with E-state index in [1.54, 1.807) is 19.2 Å². The van der Waals surface area contributed by atoms with Crippen molar-refractivity contribution in [3.63, 3.8) is 0 Å². The van der Waals surface area contributed by atoms with Gasteiger partial charge in [-0.05, 0) is 131 Å². The number of hydrogen-bond donors (Lipinski definition) is 2. The van der Waals surface area contributed by atoms with Crippen molar-refractivity contribution < 1.29 is 28.6 Å². The molecule has 8 rings (SSSR count). The third-order valence-corrected chi connectivity index (χ3v) is 12.4. The van der Waals surface area contributed by atoms with Crippen molar-refractivity contribution >= 4 is 12.0 Å². The predicted molar refractivity (Wildman–Crippen MR) is 188 cm³/mol. The summed E-state index contributed by atoms with van der Waals surface area (Å²) in [6.45, 7) is 6.85. The molecular formula is C40H51FN4O5. The van der Waals surface area contributed by atoms with Crippen LogP contribution >= 0.6 is 0 Å². The predicted octanol–water partition coefficient (Wildman–Crippen LogP) is 7.41. The molecule has 3 aromatic rings. The highest BCUT2D eigenvalue weighted by molar-refractivity contribution is 5.79. The number of β-amino-alcohol motifs (C(OH)–C–C–N with tert-alkyl or cyclic N) is 1. The van der Waals surface area contributed by atoms with E-state index in [1.807, 2.05) is 23.1 Å². The lowest BCUT2D eigenvalue weighted by molar-refractivity contribution is -0.129. The topological polar surface area (TPSA) is 106 Å². The Bertz CT molecular complexity index is 1700. The standard InChI is InChI=1S/C40H51FN4O5/c1-25(2)45-22-29(21-42-45)28-7-11-34(41)33(20-28)36(43-37(47)27-5-9-32(10-6-27)50-38(48)44-23-31(46)24-44)40-16-13-39(14-17-40,15-18-40)30-8-12-35(49-4)26(3)19-30/h7-8,11-12,19-22,25,27,31-32,36,46H,5-6,9-10,13-18,23-24H2,1-4H3,(H,43,47). The van der Waals surface area contributed by atoms with E-state index in [2.05, 4.69) is 49.4 Å². The van der Waals surface area contributed by atoms with Gasteiger partial charge in [-0.15, -0.1) is 0 Å². The molecule has 1 aliphatic heterocycles. The third-order valence-electron chi connectivity index (χ3n) is 12.4. The number of carbonyl (C=O) groups excluding carboxylic acids is 2. The maximum atomic E-state index is 16.1. The van der Waals surface area contributed by atoms with E-state index in [0.717, 1.165) is 61.0 Å². The number of nitrogens with one attached hydrogen (secondary N) is 1. The number of nitrogens with zero attached hydrogens (tertiary/aromatic N) is 3. The molecule has 2 heterocycles. The molecule has 0 spiro atoms. The van der Waals surface area contributed by atoms with Crippen molar-refractivity contribution in [1.82, 2.24) is 20.0 Å². The Kier molecular flexibility index (Phi) is 9.43. The zero-order valence-electron chi connectivity index (χ0n) is 29.8. The number of aromatic nitrogens is 2. The molecule has 4 aliphatic carbocycles. The van der Waals surface area contributed by atoms with E-state index in [-0.39, 0.29) is 40.6 Å². The average molecular weight is 687 g/mol. The summed E-state index contributed by atoms with van der Waals surface area (Å²) in [6.07, 6.45) is 10.7. The van der Waals surface area contributed by atoms with Crippen molar-refractivity contribution in [2.45, 2.75) is 115 Å². The highest BCUT2D eigenvalue weighted by Gasteiger charge is 2.54.